The Kier molecular flexibility index (Phi) is 7.54. The predicted octanol–water partition coefficient (Wildman–Crippen LogP) is 2.87. The second-order valence-corrected chi connectivity index (χ2v) is 4.79. The van der Waals surface area contributed by atoms with Gasteiger partial charge in [0.1, 0.15) is 12.4 Å². The molecular weight excluding hydrogens is 266 g/mol. The smallest absolute Gasteiger partial charge is 0.257 e. The molecule has 1 rings (SSSR count). The number of hydrogen-bond donors (Lipinski definition) is 1. The summed E-state index contributed by atoms with van der Waals surface area (Å²) in [6.45, 7) is 8.36. The number of rotatable bonds is 9. The zero-order valence-corrected chi connectivity index (χ0v) is 12.9. The van der Waals surface area contributed by atoms with Crippen molar-refractivity contribution in [3.63, 3.8) is 0 Å². The lowest BCUT2D eigenvalue weighted by atomic mass is 10.1. The Morgan fingerprint density at radius 2 is 2.05 bits per heavy atom. The van der Waals surface area contributed by atoms with E-state index in [1.54, 1.807) is 23.1 Å². The van der Waals surface area contributed by atoms with E-state index in [4.69, 9.17) is 4.74 Å². The normalized spacial score (nSPS) is 10.5. The van der Waals surface area contributed by atoms with Crippen LogP contribution in [0.3, 0.4) is 0 Å². The molecule has 0 atom stereocenters. The number of benzene rings is 1. The molecule has 0 aliphatic heterocycles. The van der Waals surface area contributed by atoms with Crippen molar-refractivity contribution in [3.05, 3.63) is 42.5 Å². The van der Waals surface area contributed by atoms with Crippen molar-refractivity contribution in [2.45, 2.75) is 32.7 Å². The van der Waals surface area contributed by atoms with E-state index in [0.29, 0.717) is 24.5 Å². The summed E-state index contributed by atoms with van der Waals surface area (Å²) >= 11 is 0. The topological polar surface area (TPSA) is 49.8 Å². The van der Waals surface area contributed by atoms with Crippen molar-refractivity contribution in [1.82, 2.24) is 4.90 Å². The van der Waals surface area contributed by atoms with Gasteiger partial charge in [0.2, 0.25) is 0 Å². The van der Waals surface area contributed by atoms with E-state index in [2.05, 4.69) is 6.58 Å². The van der Waals surface area contributed by atoms with Crippen LogP contribution in [-0.4, -0.2) is 41.7 Å². The number of carbonyl (C=O) groups excluding carboxylic acids is 1. The maximum absolute atomic E-state index is 12.8. The molecule has 1 aromatic rings. The Morgan fingerprint density at radius 3 is 2.62 bits per heavy atom. The van der Waals surface area contributed by atoms with Gasteiger partial charge in [-0.3, -0.25) is 4.79 Å². The molecule has 0 saturated carbocycles. The van der Waals surface area contributed by atoms with Crippen molar-refractivity contribution >= 4 is 5.91 Å². The number of para-hydroxylation sites is 1. The molecule has 4 nitrogen and oxygen atoms in total. The number of amides is 1. The molecule has 0 radical (unpaired) electrons. The molecule has 0 aromatic heterocycles. The number of aliphatic hydroxyl groups excluding tert-OH is 1. The van der Waals surface area contributed by atoms with Gasteiger partial charge in [0.05, 0.1) is 12.2 Å². The first-order chi connectivity index (χ1) is 10.2. The first kappa shape index (κ1) is 17.2. The van der Waals surface area contributed by atoms with Gasteiger partial charge in [-0.2, -0.15) is 0 Å². The van der Waals surface area contributed by atoms with Crippen LogP contribution in [0.2, 0.25) is 0 Å². The first-order valence-corrected chi connectivity index (χ1v) is 7.44. The molecule has 1 amide bonds. The summed E-state index contributed by atoms with van der Waals surface area (Å²) < 4.78 is 5.55. The summed E-state index contributed by atoms with van der Waals surface area (Å²) in [5.74, 6) is 0.453. The SMILES string of the molecule is C=CCOc1ccccc1C(=O)N(CCO)C(CC)CC. The van der Waals surface area contributed by atoms with Crippen molar-refractivity contribution in [1.29, 1.82) is 0 Å². The molecule has 116 valence electrons. The average Bonchev–Trinajstić information content (AvgIpc) is 2.52. The summed E-state index contributed by atoms with van der Waals surface area (Å²) in [5, 5.41) is 9.24. The first-order valence-electron chi connectivity index (χ1n) is 7.44. The molecule has 0 fully saturated rings. The molecule has 1 N–H and O–H groups in total. The molecular formula is C17H25NO3. The molecule has 4 heteroatoms. The Labute approximate surface area is 127 Å². The van der Waals surface area contributed by atoms with Crippen LogP contribution in [0.5, 0.6) is 5.75 Å². The third-order valence-electron chi connectivity index (χ3n) is 3.46. The van der Waals surface area contributed by atoms with Crippen LogP contribution in [0.4, 0.5) is 0 Å². The van der Waals surface area contributed by atoms with Crippen LogP contribution in [0.1, 0.15) is 37.0 Å². The zero-order chi connectivity index (χ0) is 15.7. The third kappa shape index (κ3) is 4.60. The van der Waals surface area contributed by atoms with E-state index in [-0.39, 0.29) is 18.6 Å². The van der Waals surface area contributed by atoms with E-state index in [0.717, 1.165) is 12.8 Å². The van der Waals surface area contributed by atoms with Crippen LogP contribution < -0.4 is 4.74 Å². The maximum Gasteiger partial charge on any atom is 0.257 e. The lowest BCUT2D eigenvalue weighted by Crippen LogP contribution is -2.41. The van der Waals surface area contributed by atoms with Gasteiger partial charge in [-0.1, -0.05) is 38.6 Å². The number of aliphatic hydroxyl groups is 1. The highest BCUT2D eigenvalue weighted by molar-refractivity contribution is 5.97. The Hall–Kier alpha value is -1.81. The largest absolute Gasteiger partial charge is 0.489 e. The highest BCUT2D eigenvalue weighted by Gasteiger charge is 2.24. The maximum atomic E-state index is 12.8. The van der Waals surface area contributed by atoms with Crippen LogP contribution in [0.25, 0.3) is 0 Å². The summed E-state index contributed by atoms with van der Waals surface area (Å²) in [6.07, 6.45) is 3.36. The summed E-state index contributed by atoms with van der Waals surface area (Å²) in [6, 6.07) is 7.31. The van der Waals surface area contributed by atoms with Gasteiger partial charge in [0.25, 0.3) is 5.91 Å². The molecule has 0 aliphatic carbocycles. The minimum atomic E-state index is -0.0996. The third-order valence-corrected chi connectivity index (χ3v) is 3.46. The molecule has 0 heterocycles. The number of nitrogens with zero attached hydrogens (tertiary/aromatic N) is 1. The summed E-state index contributed by atoms with van der Waals surface area (Å²) in [5.41, 5.74) is 0.527. The molecule has 0 spiro atoms. The minimum Gasteiger partial charge on any atom is -0.489 e. The number of carbonyl (C=O) groups is 1. The Bertz CT molecular complexity index is 455. The lowest BCUT2D eigenvalue weighted by molar-refractivity contribution is 0.0618. The fourth-order valence-corrected chi connectivity index (χ4v) is 2.36. The zero-order valence-electron chi connectivity index (χ0n) is 12.9. The van der Waals surface area contributed by atoms with E-state index in [9.17, 15) is 9.90 Å². The van der Waals surface area contributed by atoms with Gasteiger partial charge >= 0.3 is 0 Å². The fourth-order valence-electron chi connectivity index (χ4n) is 2.36. The van der Waals surface area contributed by atoms with E-state index < -0.39 is 0 Å². The van der Waals surface area contributed by atoms with Crippen LogP contribution in [0.15, 0.2) is 36.9 Å². The quantitative estimate of drug-likeness (QED) is 0.712. The van der Waals surface area contributed by atoms with Gasteiger partial charge in [0.15, 0.2) is 0 Å². The van der Waals surface area contributed by atoms with Crippen molar-refractivity contribution < 1.29 is 14.6 Å². The number of ether oxygens (including phenoxy) is 1. The molecule has 0 aliphatic rings. The molecule has 1 aromatic carbocycles. The van der Waals surface area contributed by atoms with E-state index in [1.165, 1.54) is 0 Å². The predicted molar refractivity (Wildman–Crippen MR) is 84.6 cm³/mol. The van der Waals surface area contributed by atoms with Gasteiger partial charge in [-0.15, -0.1) is 0 Å². The van der Waals surface area contributed by atoms with Gasteiger partial charge in [0, 0.05) is 12.6 Å². The Morgan fingerprint density at radius 1 is 1.38 bits per heavy atom. The second-order valence-electron chi connectivity index (χ2n) is 4.79. The van der Waals surface area contributed by atoms with Gasteiger partial charge < -0.3 is 14.7 Å². The van der Waals surface area contributed by atoms with Crippen LogP contribution in [-0.2, 0) is 0 Å². The lowest BCUT2D eigenvalue weighted by Gasteiger charge is -2.30. The van der Waals surface area contributed by atoms with Crippen LogP contribution in [0, 0.1) is 0 Å². The monoisotopic (exact) mass is 291 g/mol. The highest BCUT2D eigenvalue weighted by atomic mass is 16.5. The molecule has 21 heavy (non-hydrogen) atoms. The fraction of sp³-hybridized carbons (Fsp3) is 0.471. The van der Waals surface area contributed by atoms with Crippen LogP contribution >= 0.6 is 0 Å². The second kappa shape index (κ2) is 9.19. The summed E-state index contributed by atoms with van der Waals surface area (Å²) in [4.78, 5) is 14.5. The Balaban J connectivity index is 3.05. The van der Waals surface area contributed by atoms with Gasteiger partial charge in [-0.25, -0.2) is 0 Å². The number of hydrogen-bond acceptors (Lipinski definition) is 3. The summed E-state index contributed by atoms with van der Waals surface area (Å²) in [7, 11) is 0. The molecule has 0 bridgehead atoms. The van der Waals surface area contributed by atoms with E-state index >= 15 is 0 Å². The minimum absolute atomic E-state index is 0.0437. The van der Waals surface area contributed by atoms with Gasteiger partial charge in [-0.05, 0) is 25.0 Å². The average molecular weight is 291 g/mol. The molecule has 0 saturated heterocycles. The molecule has 0 unspecified atom stereocenters. The van der Waals surface area contributed by atoms with Crippen molar-refractivity contribution in [2.75, 3.05) is 19.8 Å². The van der Waals surface area contributed by atoms with Crippen molar-refractivity contribution in [3.8, 4) is 5.75 Å². The van der Waals surface area contributed by atoms with E-state index in [1.807, 2.05) is 26.0 Å². The highest BCUT2D eigenvalue weighted by Crippen LogP contribution is 2.22. The standard InChI is InChI=1S/C17H25NO3/c1-4-13-21-16-10-8-7-9-15(16)17(20)18(11-12-19)14(5-2)6-3/h4,7-10,14,19H,1,5-6,11-13H2,2-3H3. The van der Waals surface area contributed by atoms with Crippen molar-refractivity contribution in [2.24, 2.45) is 0 Å².